The molecule has 1 unspecified atom stereocenters. The van der Waals surface area contributed by atoms with Gasteiger partial charge < -0.3 is 15.3 Å². The Morgan fingerprint density at radius 1 is 0.941 bits per heavy atom. The number of aryl methyl sites for hydroxylation is 1. The zero-order valence-corrected chi connectivity index (χ0v) is 19.4. The Bertz CT molecular complexity index is 1270. The van der Waals surface area contributed by atoms with Crippen LogP contribution in [0.3, 0.4) is 0 Å². The molecule has 0 saturated heterocycles. The summed E-state index contributed by atoms with van der Waals surface area (Å²) in [4.78, 5) is 11.0. The molecule has 6 nitrogen and oxygen atoms in total. The lowest BCUT2D eigenvalue weighted by atomic mass is 9.94. The first-order chi connectivity index (χ1) is 16.4. The molecule has 4 rings (SSSR count). The van der Waals surface area contributed by atoms with Gasteiger partial charge in [0.2, 0.25) is 11.8 Å². The molecule has 2 atom stereocenters. The number of nitrogens with zero attached hydrogens (tertiary/aromatic N) is 2. The van der Waals surface area contributed by atoms with Gasteiger partial charge in [0.1, 0.15) is 6.04 Å². The minimum atomic E-state index is -0.953. The molecule has 0 amide bonds. The summed E-state index contributed by atoms with van der Waals surface area (Å²) < 4.78 is 6.08. The highest BCUT2D eigenvalue weighted by Crippen LogP contribution is 2.32. The number of carboxylic acids is 1. The smallest absolute Gasteiger partial charge is 0.320 e. The summed E-state index contributed by atoms with van der Waals surface area (Å²) in [6.45, 7) is 4.10. The molecule has 0 fully saturated rings. The highest BCUT2D eigenvalue weighted by atomic mass is 16.4. The van der Waals surface area contributed by atoms with E-state index in [4.69, 9.17) is 15.3 Å². The molecule has 1 aromatic heterocycles. The topological polar surface area (TPSA) is 102 Å². The summed E-state index contributed by atoms with van der Waals surface area (Å²) in [6, 6.07) is 23.6. The third-order valence-electron chi connectivity index (χ3n) is 6.15. The lowest BCUT2D eigenvalue weighted by Gasteiger charge is -2.14. The fourth-order valence-corrected chi connectivity index (χ4v) is 4.17. The highest BCUT2D eigenvalue weighted by molar-refractivity contribution is 5.75. The number of carbonyl (C=O) groups is 1. The summed E-state index contributed by atoms with van der Waals surface area (Å²) in [5.41, 5.74) is 11.9. The number of hydrogen-bond donors (Lipinski definition) is 2. The Kier molecular flexibility index (Phi) is 7.18. The van der Waals surface area contributed by atoms with Crippen molar-refractivity contribution >= 4 is 5.97 Å². The van der Waals surface area contributed by atoms with Crippen LogP contribution >= 0.6 is 0 Å². The first-order valence-electron chi connectivity index (χ1n) is 11.5. The third-order valence-corrected chi connectivity index (χ3v) is 6.15. The molecule has 3 aromatic carbocycles. The third kappa shape index (κ3) is 5.41. The maximum absolute atomic E-state index is 11.0. The number of rotatable bonds is 9. The largest absolute Gasteiger partial charge is 0.480 e. The van der Waals surface area contributed by atoms with Crippen LogP contribution in [0.5, 0.6) is 0 Å². The summed E-state index contributed by atoms with van der Waals surface area (Å²) >= 11 is 0. The first kappa shape index (κ1) is 23.4. The molecule has 0 aliphatic heterocycles. The van der Waals surface area contributed by atoms with E-state index in [1.54, 1.807) is 0 Å². The molecule has 174 valence electrons. The fourth-order valence-electron chi connectivity index (χ4n) is 4.17. The van der Waals surface area contributed by atoms with Gasteiger partial charge in [0.25, 0.3) is 0 Å². The molecule has 0 saturated carbocycles. The van der Waals surface area contributed by atoms with Crippen LogP contribution in [0.2, 0.25) is 0 Å². The molecular formula is C28H29N3O3. The van der Waals surface area contributed by atoms with E-state index in [1.165, 1.54) is 0 Å². The highest BCUT2D eigenvalue weighted by Gasteiger charge is 2.17. The van der Waals surface area contributed by atoms with Crippen molar-refractivity contribution in [3.05, 3.63) is 83.9 Å². The maximum Gasteiger partial charge on any atom is 0.320 e. The second-order valence-corrected chi connectivity index (χ2v) is 8.78. The van der Waals surface area contributed by atoms with Crippen LogP contribution < -0.4 is 5.73 Å². The van der Waals surface area contributed by atoms with Gasteiger partial charge in [-0.2, -0.15) is 0 Å². The Labute approximate surface area is 199 Å². The number of hydrogen-bond acceptors (Lipinski definition) is 5. The summed E-state index contributed by atoms with van der Waals surface area (Å²) in [6.07, 6.45) is 2.13. The average Bonchev–Trinajstić information content (AvgIpc) is 3.34. The monoisotopic (exact) mass is 455 g/mol. The van der Waals surface area contributed by atoms with Crippen molar-refractivity contribution in [2.45, 2.75) is 39.2 Å². The molecule has 3 N–H and O–H groups in total. The van der Waals surface area contributed by atoms with Crippen LogP contribution in [0.15, 0.2) is 77.2 Å². The molecule has 4 aromatic rings. The van der Waals surface area contributed by atoms with E-state index in [0.29, 0.717) is 18.2 Å². The predicted molar refractivity (Wildman–Crippen MR) is 133 cm³/mol. The van der Waals surface area contributed by atoms with Crippen LogP contribution in [0.25, 0.3) is 34.0 Å². The van der Waals surface area contributed by atoms with Crippen molar-refractivity contribution in [2.75, 3.05) is 0 Å². The molecule has 34 heavy (non-hydrogen) atoms. The number of nitrogens with two attached hydrogens (primary N) is 1. The van der Waals surface area contributed by atoms with Crippen molar-refractivity contribution in [1.82, 2.24) is 10.2 Å². The van der Waals surface area contributed by atoms with Crippen LogP contribution in [0.4, 0.5) is 0 Å². The molecule has 0 aliphatic rings. The van der Waals surface area contributed by atoms with Crippen LogP contribution in [-0.4, -0.2) is 27.3 Å². The van der Waals surface area contributed by atoms with Gasteiger partial charge in [-0.05, 0) is 72.6 Å². The summed E-state index contributed by atoms with van der Waals surface area (Å²) in [5, 5.41) is 17.6. The van der Waals surface area contributed by atoms with Gasteiger partial charge in [0.15, 0.2) is 0 Å². The van der Waals surface area contributed by atoms with Crippen molar-refractivity contribution in [1.29, 1.82) is 0 Å². The first-order valence-corrected chi connectivity index (χ1v) is 11.5. The van der Waals surface area contributed by atoms with Crippen LogP contribution in [0, 0.1) is 12.8 Å². The van der Waals surface area contributed by atoms with Gasteiger partial charge in [-0.1, -0.05) is 61.5 Å². The minimum Gasteiger partial charge on any atom is -0.480 e. The maximum atomic E-state index is 11.0. The van der Waals surface area contributed by atoms with Crippen LogP contribution in [0.1, 0.15) is 30.9 Å². The van der Waals surface area contributed by atoms with E-state index < -0.39 is 12.0 Å². The average molecular weight is 456 g/mol. The van der Waals surface area contributed by atoms with Crippen molar-refractivity contribution < 1.29 is 14.3 Å². The van der Waals surface area contributed by atoms with Crippen molar-refractivity contribution in [2.24, 2.45) is 11.7 Å². The molecular weight excluding hydrogens is 426 g/mol. The summed E-state index contributed by atoms with van der Waals surface area (Å²) in [7, 11) is 0. The lowest BCUT2D eigenvalue weighted by Crippen LogP contribution is -2.31. The van der Waals surface area contributed by atoms with E-state index in [2.05, 4.69) is 41.4 Å². The van der Waals surface area contributed by atoms with Crippen molar-refractivity contribution in [3.8, 4) is 34.0 Å². The lowest BCUT2D eigenvalue weighted by molar-refractivity contribution is -0.138. The van der Waals surface area contributed by atoms with Gasteiger partial charge in [-0.25, -0.2) is 0 Å². The zero-order chi connectivity index (χ0) is 24.1. The van der Waals surface area contributed by atoms with E-state index in [9.17, 15) is 4.79 Å². The Morgan fingerprint density at radius 3 is 2.38 bits per heavy atom. The van der Waals surface area contributed by atoms with E-state index >= 15 is 0 Å². The molecule has 0 spiro atoms. The second-order valence-electron chi connectivity index (χ2n) is 8.78. The van der Waals surface area contributed by atoms with Gasteiger partial charge in [0, 0.05) is 11.1 Å². The summed E-state index contributed by atoms with van der Waals surface area (Å²) in [5.74, 6) is 0.226. The van der Waals surface area contributed by atoms with Crippen molar-refractivity contribution in [3.63, 3.8) is 0 Å². The van der Waals surface area contributed by atoms with Gasteiger partial charge in [0.05, 0.1) is 0 Å². The quantitative estimate of drug-likeness (QED) is 0.333. The predicted octanol–water partition coefficient (Wildman–Crippen LogP) is 5.75. The van der Waals surface area contributed by atoms with Crippen LogP contribution in [-0.2, 0) is 11.2 Å². The Balaban J connectivity index is 1.51. The number of carboxylic acid groups (broad SMARTS) is 1. The normalized spacial score (nSPS) is 12.9. The number of aliphatic carboxylic acids is 1. The molecule has 1 heterocycles. The molecule has 0 radical (unpaired) electrons. The second kappa shape index (κ2) is 10.4. The number of aromatic nitrogens is 2. The number of benzene rings is 3. The van der Waals surface area contributed by atoms with E-state index in [1.807, 2.05) is 55.5 Å². The zero-order valence-electron chi connectivity index (χ0n) is 19.4. The minimum absolute atomic E-state index is 0.213. The standard InChI is InChI=1S/C28H29N3O3/c1-18(16-25(29)28(32)33)14-15-20-8-6-11-22(17-20)26-30-31-27(34-26)24-13-7-12-23(19(24)2)21-9-4-3-5-10-21/h3-13,17-18,25H,14-16,29H2,1-2H3,(H,32,33)/t18?,25-/m0/s1. The SMILES string of the molecule is Cc1c(-c2ccccc2)cccc1-c1nnc(-c2cccc(CCC(C)C[C@H](N)C(=O)O)c2)o1. The van der Waals surface area contributed by atoms with Gasteiger partial charge in [-0.3, -0.25) is 4.79 Å². The molecule has 6 heteroatoms. The van der Waals surface area contributed by atoms with Gasteiger partial charge >= 0.3 is 5.97 Å². The fraction of sp³-hybridized carbons (Fsp3) is 0.250. The van der Waals surface area contributed by atoms with E-state index in [0.717, 1.165) is 46.2 Å². The molecule has 0 bridgehead atoms. The Morgan fingerprint density at radius 2 is 1.62 bits per heavy atom. The van der Waals surface area contributed by atoms with E-state index in [-0.39, 0.29) is 5.92 Å². The van der Waals surface area contributed by atoms with Gasteiger partial charge in [-0.15, -0.1) is 10.2 Å². The Hall–Kier alpha value is -3.77. The molecule has 0 aliphatic carbocycles.